The van der Waals surface area contributed by atoms with E-state index in [2.05, 4.69) is 5.32 Å². The fourth-order valence-electron chi connectivity index (χ4n) is 2.49. The summed E-state index contributed by atoms with van der Waals surface area (Å²) in [6.45, 7) is 1.18. The molecule has 112 valence electrons. The average molecular weight is 294 g/mol. The molecular weight excluding hydrogens is 279 g/mol. The van der Waals surface area contributed by atoms with E-state index in [4.69, 9.17) is 0 Å². The third-order valence-electron chi connectivity index (χ3n) is 3.45. The Morgan fingerprint density at radius 2 is 1.60 bits per heavy atom. The van der Waals surface area contributed by atoms with E-state index in [0.717, 1.165) is 0 Å². The van der Waals surface area contributed by atoms with Gasteiger partial charge in [0.2, 0.25) is 0 Å². The molecule has 1 aromatic rings. The predicted molar refractivity (Wildman–Crippen MR) is 64.0 cm³/mol. The fourth-order valence-corrected chi connectivity index (χ4v) is 2.49. The van der Waals surface area contributed by atoms with Gasteiger partial charge >= 0.3 is 0 Å². The Hall–Kier alpha value is -1.21. The minimum Gasteiger partial charge on any atom is -0.314 e. The van der Waals surface area contributed by atoms with Gasteiger partial charge in [-0.2, -0.15) is 0 Å². The topological polar surface area (TPSA) is 15.3 Å². The van der Waals surface area contributed by atoms with Gasteiger partial charge in [0.05, 0.1) is 6.67 Å². The molecule has 2 rings (SSSR count). The maximum Gasteiger partial charge on any atom is 0.166 e. The van der Waals surface area contributed by atoms with Gasteiger partial charge in [0.25, 0.3) is 0 Å². The van der Waals surface area contributed by atoms with Crippen LogP contribution < -0.4 is 5.32 Å². The molecule has 0 aliphatic carbocycles. The van der Waals surface area contributed by atoms with Crippen LogP contribution in [0.5, 0.6) is 0 Å². The van der Waals surface area contributed by atoms with Gasteiger partial charge in [-0.1, -0.05) is 0 Å². The molecule has 1 aliphatic heterocycles. The second-order valence-electron chi connectivity index (χ2n) is 4.66. The fraction of sp³-hybridized carbons (Fsp3) is 0.538. The molecule has 1 aliphatic rings. The number of nitrogens with one attached hydrogen (secondary N) is 1. The third-order valence-corrected chi connectivity index (χ3v) is 3.45. The van der Waals surface area contributed by atoms with Crippen LogP contribution >= 0.6 is 0 Å². The van der Waals surface area contributed by atoms with E-state index in [9.17, 15) is 22.0 Å². The van der Waals surface area contributed by atoms with Crippen molar-refractivity contribution in [3.05, 3.63) is 34.9 Å². The second kappa shape index (κ2) is 6.49. The van der Waals surface area contributed by atoms with E-state index >= 15 is 0 Å². The van der Waals surface area contributed by atoms with Crippen LogP contribution in [0.3, 0.4) is 0 Å². The van der Waals surface area contributed by atoms with Gasteiger partial charge in [0, 0.05) is 43.9 Å². The van der Waals surface area contributed by atoms with E-state index in [-0.39, 0.29) is 12.5 Å². The van der Waals surface area contributed by atoms with Crippen LogP contribution in [-0.2, 0) is 0 Å². The highest BCUT2D eigenvalue weighted by atomic mass is 19.2. The third kappa shape index (κ3) is 2.93. The van der Waals surface area contributed by atoms with Gasteiger partial charge in [-0.05, 0) is 6.42 Å². The van der Waals surface area contributed by atoms with Crippen molar-refractivity contribution in [2.45, 2.75) is 12.5 Å². The van der Waals surface area contributed by atoms with Crippen LogP contribution in [-0.4, -0.2) is 37.8 Å². The zero-order chi connectivity index (χ0) is 14.7. The Bertz CT molecular complexity index is 448. The first-order chi connectivity index (χ1) is 9.56. The molecule has 7 heteroatoms. The Kier molecular flexibility index (Phi) is 4.93. The Labute approximate surface area is 113 Å². The van der Waals surface area contributed by atoms with Gasteiger partial charge in [-0.25, -0.2) is 17.6 Å². The summed E-state index contributed by atoms with van der Waals surface area (Å²) in [6.07, 6.45) is -0.212. The standard InChI is InChI=1S/C13H15F5N2/c14-2-1-10(20-5-3-19-4-6-20)11-12(17)8(15)7-9(16)13(11)18/h7,10,19H,1-6H2/t10-/m1/s1. The van der Waals surface area contributed by atoms with Crippen molar-refractivity contribution in [3.8, 4) is 0 Å². The van der Waals surface area contributed by atoms with Crippen molar-refractivity contribution >= 4 is 0 Å². The van der Waals surface area contributed by atoms with Crippen LogP contribution in [0.4, 0.5) is 22.0 Å². The molecule has 0 bridgehead atoms. The first-order valence-corrected chi connectivity index (χ1v) is 6.40. The molecule has 0 spiro atoms. The number of nitrogens with zero attached hydrogens (tertiary/aromatic N) is 1. The van der Waals surface area contributed by atoms with Gasteiger partial charge in [0.1, 0.15) is 0 Å². The Morgan fingerprint density at radius 1 is 1.05 bits per heavy atom. The highest BCUT2D eigenvalue weighted by molar-refractivity contribution is 5.26. The number of rotatable bonds is 4. The smallest absolute Gasteiger partial charge is 0.166 e. The van der Waals surface area contributed by atoms with E-state index < -0.39 is 41.5 Å². The summed E-state index contributed by atoms with van der Waals surface area (Å²) < 4.78 is 66.9. The Balaban J connectivity index is 2.42. The van der Waals surface area contributed by atoms with Crippen LogP contribution in [0.25, 0.3) is 0 Å². The van der Waals surface area contributed by atoms with Crippen LogP contribution in [0, 0.1) is 23.3 Å². The molecule has 1 saturated heterocycles. The van der Waals surface area contributed by atoms with Crippen molar-refractivity contribution < 1.29 is 22.0 Å². The maximum absolute atomic E-state index is 13.8. The van der Waals surface area contributed by atoms with Gasteiger partial charge in [-0.3, -0.25) is 9.29 Å². The van der Waals surface area contributed by atoms with E-state index in [1.54, 1.807) is 4.90 Å². The first kappa shape index (κ1) is 15.2. The lowest BCUT2D eigenvalue weighted by Crippen LogP contribution is -2.45. The van der Waals surface area contributed by atoms with Gasteiger partial charge in [-0.15, -0.1) is 0 Å². The lowest BCUT2D eigenvalue weighted by Gasteiger charge is -2.35. The second-order valence-corrected chi connectivity index (χ2v) is 4.66. The molecule has 0 aromatic heterocycles. The lowest BCUT2D eigenvalue weighted by atomic mass is 9.99. The van der Waals surface area contributed by atoms with Crippen molar-refractivity contribution in [2.24, 2.45) is 0 Å². The van der Waals surface area contributed by atoms with Crippen molar-refractivity contribution in [3.63, 3.8) is 0 Å². The van der Waals surface area contributed by atoms with Crippen molar-refractivity contribution in [1.82, 2.24) is 10.2 Å². The lowest BCUT2D eigenvalue weighted by molar-refractivity contribution is 0.149. The molecule has 1 fully saturated rings. The zero-order valence-corrected chi connectivity index (χ0v) is 10.7. The highest BCUT2D eigenvalue weighted by Gasteiger charge is 2.30. The number of hydrogen-bond donors (Lipinski definition) is 1. The molecule has 1 N–H and O–H groups in total. The summed E-state index contributed by atoms with van der Waals surface area (Å²) >= 11 is 0. The number of halogens is 5. The molecule has 20 heavy (non-hydrogen) atoms. The monoisotopic (exact) mass is 294 g/mol. The minimum absolute atomic E-state index is 0.165. The predicted octanol–water partition coefficient (Wildman–Crippen LogP) is 2.55. The molecule has 1 heterocycles. The SMILES string of the molecule is FCC[C@H](c1c(F)c(F)cc(F)c1F)N1CCNCC1. The quantitative estimate of drug-likeness (QED) is 0.678. The average Bonchev–Trinajstić information content (AvgIpc) is 2.45. The largest absolute Gasteiger partial charge is 0.314 e. The van der Waals surface area contributed by atoms with Gasteiger partial charge in [0.15, 0.2) is 23.3 Å². The molecule has 0 saturated carbocycles. The van der Waals surface area contributed by atoms with Crippen LogP contribution in [0.15, 0.2) is 6.07 Å². The molecule has 1 aromatic carbocycles. The van der Waals surface area contributed by atoms with E-state index in [1.807, 2.05) is 0 Å². The summed E-state index contributed by atoms with van der Waals surface area (Å²) in [4.78, 5) is 1.64. The number of benzene rings is 1. The number of hydrogen-bond acceptors (Lipinski definition) is 2. The summed E-state index contributed by atoms with van der Waals surface area (Å²) in [7, 11) is 0. The first-order valence-electron chi connectivity index (χ1n) is 6.40. The van der Waals surface area contributed by atoms with Gasteiger partial charge < -0.3 is 5.32 Å². The van der Waals surface area contributed by atoms with Crippen molar-refractivity contribution in [2.75, 3.05) is 32.9 Å². The Morgan fingerprint density at radius 3 is 2.10 bits per heavy atom. The number of piperazine rings is 1. The van der Waals surface area contributed by atoms with Crippen LogP contribution in [0.2, 0.25) is 0 Å². The zero-order valence-electron chi connectivity index (χ0n) is 10.7. The van der Waals surface area contributed by atoms with Crippen LogP contribution in [0.1, 0.15) is 18.0 Å². The minimum atomic E-state index is -1.46. The molecule has 2 nitrogen and oxygen atoms in total. The molecular formula is C13H15F5N2. The van der Waals surface area contributed by atoms with E-state index in [1.165, 1.54) is 0 Å². The van der Waals surface area contributed by atoms with E-state index in [0.29, 0.717) is 26.2 Å². The summed E-state index contributed by atoms with van der Waals surface area (Å²) in [6, 6.07) is -0.842. The molecule has 0 radical (unpaired) electrons. The maximum atomic E-state index is 13.8. The number of alkyl halides is 1. The molecule has 1 atom stereocenters. The molecule has 0 unspecified atom stereocenters. The normalized spacial score (nSPS) is 18.2. The highest BCUT2D eigenvalue weighted by Crippen LogP contribution is 2.31. The molecule has 0 amide bonds. The summed E-state index contributed by atoms with van der Waals surface area (Å²) in [5.41, 5.74) is -0.720. The summed E-state index contributed by atoms with van der Waals surface area (Å²) in [5.74, 6) is -5.81. The summed E-state index contributed by atoms with van der Waals surface area (Å²) in [5, 5.41) is 3.04. The van der Waals surface area contributed by atoms with Crippen molar-refractivity contribution in [1.29, 1.82) is 0 Å².